The van der Waals surface area contributed by atoms with Gasteiger partial charge in [0.1, 0.15) is 4.83 Å². The van der Waals surface area contributed by atoms with Gasteiger partial charge in [-0.3, -0.25) is 14.6 Å². The van der Waals surface area contributed by atoms with E-state index in [9.17, 15) is 9.59 Å². The lowest BCUT2D eigenvalue weighted by Crippen LogP contribution is -2.29. The number of carbonyl (C=O) groups is 2. The van der Waals surface area contributed by atoms with Crippen molar-refractivity contribution in [2.24, 2.45) is 0 Å². The minimum Gasteiger partial charge on any atom is -0.395 e. The first kappa shape index (κ1) is 20.5. The minimum absolute atomic E-state index is 0.0119. The van der Waals surface area contributed by atoms with Crippen LogP contribution in [0, 0.1) is 0 Å². The Morgan fingerprint density at radius 2 is 2.00 bits per heavy atom. The number of hydrogen-bond acceptors (Lipinski definition) is 6. The van der Waals surface area contributed by atoms with E-state index < -0.39 is 0 Å². The SMILES string of the molecule is O=C(NCCO)c1sc2ncccc2c1[C@H]1CCN(C(=O)c2ccc3ncccc3c2)C1. The third kappa shape index (κ3) is 3.72. The summed E-state index contributed by atoms with van der Waals surface area (Å²) in [5, 5.41) is 13.7. The summed E-state index contributed by atoms with van der Waals surface area (Å²) < 4.78 is 0. The molecule has 0 saturated carbocycles. The van der Waals surface area contributed by atoms with Crippen LogP contribution < -0.4 is 5.32 Å². The number of nitrogens with one attached hydrogen (secondary N) is 1. The molecule has 8 heteroatoms. The fourth-order valence-corrected chi connectivity index (χ4v) is 5.49. The van der Waals surface area contributed by atoms with Crippen molar-refractivity contribution in [1.82, 2.24) is 20.2 Å². The predicted molar refractivity (Wildman–Crippen MR) is 124 cm³/mol. The van der Waals surface area contributed by atoms with Crippen LogP contribution in [-0.4, -0.2) is 58.0 Å². The van der Waals surface area contributed by atoms with Crippen molar-refractivity contribution in [1.29, 1.82) is 0 Å². The zero-order valence-corrected chi connectivity index (χ0v) is 18.1. The lowest BCUT2D eigenvalue weighted by atomic mass is 9.95. The zero-order chi connectivity index (χ0) is 22.1. The average Bonchev–Trinajstić information content (AvgIpc) is 3.46. The van der Waals surface area contributed by atoms with Crippen LogP contribution in [0.4, 0.5) is 0 Å². The number of aliphatic hydroxyl groups excluding tert-OH is 1. The molecular formula is C24H22N4O3S. The van der Waals surface area contributed by atoms with Crippen LogP contribution in [0.3, 0.4) is 0 Å². The van der Waals surface area contributed by atoms with Crippen molar-refractivity contribution < 1.29 is 14.7 Å². The highest BCUT2D eigenvalue weighted by Crippen LogP contribution is 2.39. The molecule has 3 aromatic heterocycles. The maximum atomic E-state index is 13.2. The molecule has 1 aromatic carbocycles. The molecule has 0 aliphatic carbocycles. The summed E-state index contributed by atoms with van der Waals surface area (Å²) in [5.41, 5.74) is 2.45. The second-order valence-corrected chi connectivity index (χ2v) is 8.83. The van der Waals surface area contributed by atoms with Gasteiger partial charge in [-0.1, -0.05) is 12.1 Å². The van der Waals surface area contributed by atoms with Gasteiger partial charge in [0.15, 0.2) is 0 Å². The Bertz CT molecular complexity index is 1320. The lowest BCUT2D eigenvalue weighted by molar-refractivity contribution is 0.0791. The number of nitrogens with zero attached hydrogens (tertiary/aromatic N) is 3. The highest BCUT2D eigenvalue weighted by molar-refractivity contribution is 7.20. The van der Waals surface area contributed by atoms with Crippen molar-refractivity contribution in [3.05, 3.63) is 70.9 Å². The van der Waals surface area contributed by atoms with E-state index in [-0.39, 0.29) is 30.9 Å². The molecule has 2 amide bonds. The molecule has 32 heavy (non-hydrogen) atoms. The summed E-state index contributed by atoms with van der Waals surface area (Å²) in [5.74, 6) is -0.167. The quantitative estimate of drug-likeness (QED) is 0.491. The van der Waals surface area contributed by atoms with Crippen molar-refractivity contribution in [2.45, 2.75) is 12.3 Å². The fraction of sp³-hybridized carbons (Fsp3) is 0.250. The van der Waals surface area contributed by atoms with Crippen LogP contribution in [0.25, 0.3) is 21.1 Å². The molecule has 1 saturated heterocycles. The van der Waals surface area contributed by atoms with Gasteiger partial charge in [0, 0.05) is 54.3 Å². The van der Waals surface area contributed by atoms with Gasteiger partial charge in [-0.15, -0.1) is 11.3 Å². The number of likely N-dealkylation sites (tertiary alicyclic amines) is 1. The highest BCUT2D eigenvalue weighted by atomic mass is 32.1. The first-order valence-electron chi connectivity index (χ1n) is 10.6. The summed E-state index contributed by atoms with van der Waals surface area (Å²) >= 11 is 1.36. The van der Waals surface area contributed by atoms with Gasteiger partial charge in [0.25, 0.3) is 11.8 Å². The Balaban J connectivity index is 1.43. The van der Waals surface area contributed by atoms with Gasteiger partial charge in [-0.05, 0) is 42.3 Å². The topological polar surface area (TPSA) is 95.4 Å². The molecule has 1 fully saturated rings. The molecular weight excluding hydrogens is 424 g/mol. The van der Waals surface area contributed by atoms with Gasteiger partial charge in [0.05, 0.1) is 17.0 Å². The molecule has 2 N–H and O–H groups in total. The Morgan fingerprint density at radius 3 is 2.88 bits per heavy atom. The number of carbonyl (C=O) groups excluding carboxylic acids is 2. The molecule has 0 unspecified atom stereocenters. The molecule has 1 aliphatic rings. The number of rotatable bonds is 5. The smallest absolute Gasteiger partial charge is 0.261 e. The normalized spacial score (nSPS) is 16.0. The first-order chi connectivity index (χ1) is 15.7. The summed E-state index contributed by atoms with van der Waals surface area (Å²) in [4.78, 5) is 38.0. The van der Waals surface area contributed by atoms with E-state index in [4.69, 9.17) is 5.11 Å². The maximum Gasteiger partial charge on any atom is 0.261 e. The second-order valence-electron chi connectivity index (χ2n) is 7.83. The first-order valence-corrected chi connectivity index (χ1v) is 11.4. The van der Waals surface area contributed by atoms with Crippen molar-refractivity contribution in [3.8, 4) is 0 Å². The summed E-state index contributed by atoms with van der Waals surface area (Å²) in [6.45, 7) is 1.26. The average molecular weight is 447 g/mol. The van der Waals surface area contributed by atoms with E-state index in [0.29, 0.717) is 23.5 Å². The number of pyridine rings is 2. The molecule has 7 nitrogen and oxygen atoms in total. The zero-order valence-electron chi connectivity index (χ0n) is 17.3. The molecule has 4 aromatic rings. The lowest BCUT2D eigenvalue weighted by Gasteiger charge is -2.17. The number of amides is 2. The number of benzene rings is 1. The number of aliphatic hydroxyl groups is 1. The van der Waals surface area contributed by atoms with Crippen LogP contribution in [0.1, 0.15) is 37.9 Å². The van der Waals surface area contributed by atoms with Crippen LogP contribution >= 0.6 is 11.3 Å². The molecule has 0 radical (unpaired) electrons. The third-order valence-corrected chi connectivity index (χ3v) is 6.97. The Morgan fingerprint density at radius 1 is 1.16 bits per heavy atom. The van der Waals surface area contributed by atoms with Crippen LogP contribution in [0.5, 0.6) is 0 Å². The van der Waals surface area contributed by atoms with Gasteiger partial charge in [-0.25, -0.2) is 4.98 Å². The maximum absolute atomic E-state index is 13.2. The Hall–Kier alpha value is -3.36. The third-order valence-electron chi connectivity index (χ3n) is 5.84. The minimum atomic E-state index is -0.205. The molecule has 5 rings (SSSR count). The van der Waals surface area contributed by atoms with Crippen LogP contribution in [0.2, 0.25) is 0 Å². The number of aromatic nitrogens is 2. The van der Waals surface area contributed by atoms with E-state index in [2.05, 4.69) is 15.3 Å². The largest absolute Gasteiger partial charge is 0.395 e. The molecule has 162 valence electrons. The van der Waals surface area contributed by atoms with Crippen molar-refractivity contribution >= 4 is 44.3 Å². The predicted octanol–water partition coefficient (Wildman–Crippen LogP) is 3.20. The highest BCUT2D eigenvalue weighted by Gasteiger charge is 2.33. The van der Waals surface area contributed by atoms with Gasteiger partial charge in [-0.2, -0.15) is 0 Å². The fourth-order valence-electron chi connectivity index (χ4n) is 4.35. The van der Waals surface area contributed by atoms with Crippen molar-refractivity contribution in [2.75, 3.05) is 26.2 Å². The van der Waals surface area contributed by atoms with Crippen LogP contribution in [0.15, 0.2) is 54.9 Å². The number of thiophene rings is 1. The van der Waals surface area contributed by atoms with E-state index in [1.54, 1.807) is 12.4 Å². The van der Waals surface area contributed by atoms with E-state index >= 15 is 0 Å². The molecule has 4 heterocycles. The van der Waals surface area contributed by atoms with E-state index in [1.165, 1.54) is 11.3 Å². The second kappa shape index (κ2) is 8.64. The standard InChI is InChI=1S/C24H22N4O3S/c29-12-10-26-22(30)21-20(18-4-2-9-27-23(18)32-21)17-7-11-28(14-17)24(31)16-5-6-19-15(13-16)3-1-8-25-19/h1-6,8-9,13,17,29H,7,10-12,14H2,(H,26,30)/t17-/m0/s1. The summed E-state index contributed by atoms with van der Waals surface area (Å²) in [6, 6.07) is 13.2. The van der Waals surface area contributed by atoms with E-state index in [0.717, 1.165) is 33.1 Å². The molecule has 1 atom stereocenters. The monoisotopic (exact) mass is 446 g/mol. The van der Waals surface area contributed by atoms with Gasteiger partial charge in [0.2, 0.25) is 0 Å². The van der Waals surface area contributed by atoms with Crippen LogP contribution in [-0.2, 0) is 0 Å². The summed E-state index contributed by atoms with van der Waals surface area (Å²) in [6.07, 6.45) is 4.24. The molecule has 0 bridgehead atoms. The molecule has 1 aliphatic heterocycles. The Kier molecular flexibility index (Phi) is 5.55. The summed E-state index contributed by atoms with van der Waals surface area (Å²) in [7, 11) is 0. The van der Waals surface area contributed by atoms with Crippen molar-refractivity contribution in [3.63, 3.8) is 0 Å². The number of hydrogen-bond donors (Lipinski definition) is 2. The Labute approximate surface area is 188 Å². The number of fused-ring (bicyclic) bond motifs is 2. The van der Waals surface area contributed by atoms with E-state index in [1.807, 2.05) is 47.4 Å². The molecule has 0 spiro atoms. The van der Waals surface area contributed by atoms with Gasteiger partial charge >= 0.3 is 0 Å². The van der Waals surface area contributed by atoms with Gasteiger partial charge < -0.3 is 15.3 Å².